The molecule has 0 radical (unpaired) electrons. The van der Waals surface area contributed by atoms with Crippen molar-refractivity contribution in [1.29, 1.82) is 0 Å². The molecule has 0 atom stereocenters. The molecule has 0 spiro atoms. The number of carbonyl (C=O) groups excluding carboxylic acids is 1. The van der Waals surface area contributed by atoms with Crippen LogP contribution in [-0.4, -0.2) is 45.3 Å². The SMILES string of the molecule is CCCCn1nc(C(C)(C)C)s/c1=N\C(=O)c1cc(CC)ccc1OC1CN(C(C)(C)C)C1. The zero-order valence-corrected chi connectivity index (χ0v) is 22.4. The molecule has 1 aromatic heterocycles. The minimum Gasteiger partial charge on any atom is -0.487 e. The van der Waals surface area contributed by atoms with Gasteiger partial charge in [-0.3, -0.25) is 9.69 Å². The van der Waals surface area contributed by atoms with Crippen LogP contribution in [0.15, 0.2) is 23.2 Å². The molecule has 7 heteroatoms. The minimum absolute atomic E-state index is 0.0883. The van der Waals surface area contributed by atoms with Crippen molar-refractivity contribution in [3.63, 3.8) is 0 Å². The summed E-state index contributed by atoms with van der Waals surface area (Å²) in [5.74, 6) is 0.363. The van der Waals surface area contributed by atoms with Crippen molar-refractivity contribution >= 4 is 17.2 Å². The molecule has 1 saturated heterocycles. The van der Waals surface area contributed by atoms with Crippen LogP contribution in [0.1, 0.15) is 89.2 Å². The van der Waals surface area contributed by atoms with Crippen LogP contribution in [0.5, 0.6) is 5.75 Å². The third kappa shape index (κ3) is 6.33. The Morgan fingerprint density at radius 2 is 1.88 bits per heavy atom. The molecular weight excluding hydrogens is 432 g/mol. The topological polar surface area (TPSA) is 59.7 Å². The van der Waals surface area contributed by atoms with Gasteiger partial charge in [0, 0.05) is 30.6 Å². The normalized spacial score (nSPS) is 16.2. The Kier molecular flexibility index (Phi) is 7.84. The summed E-state index contributed by atoms with van der Waals surface area (Å²) in [5, 5.41) is 5.76. The minimum atomic E-state index is -0.262. The molecule has 182 valence electrons. The van der Waals surface area contributed by atoms with Crippen molar-refractivity contribution in [3.05, 3.63) is 39.1 Å². The van der Waals surface area contributed by atoms with Crippen molar-refractivity contribution in [2.75, 3.05) is 13.1 Å². The quantitative estimate of drug-likeness (QED) is 0.555. The lowest BCUT2D eigenvalue weighted by Gasteiger charge is -2.47. The Hall–Kier alpha value is -1.99. The molecule has 0 aliphatic carbocycles. The smallest absolute Gasteiger partial charge is 0.283 e. The van der Waals surface area contributed by atoms with E-state index in [4.69, 9.17) is 9.84 Å². The van der Waals surface area contributed by atoms with Crippen molar-refractivity contribution < 1.29 is 9.53 Å². The number of hydrogen-bond acceptors (Lipinski definition) is 5. The number of hydrogen-bond donors (Lipinski definition) is 0. The van der Waals surface area contributed by atoms with Crippen LogP contribution in [0.3, 0.4) is 0 Å². The molecule has 1 aliphatic rings. The molecule has 0 unspecified atom stereocenters. The van der Waals surface area contributed by atoms with E-state index < -0.39 is 0 Å². The molecule has 6 nitrogen and oxygen atoms in total. The summed E-state index contributed by atoms with van der Waals surface area (Å²) >= 11 is 1.51. The van der Waals surface area contributed by atoms with Crippen molar-refractivity contribution in [2.45, 2.75) is 98.3 Å². The number of nitrogens with zero attached hydrogens (tertiary/aromatic N) is 4. The van der Waals surface area contributed by atoms with Gasteiger partial charge in [-0.05, 0) is 51.3 Å². The van der Waals surface area contributed by atoms with Gasteiger partial charge in [-0.25, -0.2) is 4.68 Å². The van der Waals surface area contributed by atoms with E-state index in [1.165, 1.54) is 11.3 Å². The number of rotatable bonds is 7. The Bertz CT molecular complexity index is 1030. The molecule has 3 rings (SSSR count). The van der Waals surface area contributed by atoms with Gasteiger partial charge in [-0.2, -0.15) is 10.1 Å². The highest BCUT2D eigenvalue weighted by molar-refractivity contribution is 7.09. The third-order valence-corrected chi connectivity index (χ3v) is 7.33. The van der Waals surface area contributed by atoms with E-state index in [9.17, 15) is 4.79 Å². The second kappa shape index (κ2) is 10.1. The summed E-state index contributed by atoms with van der Waals surface area (Å²) < 4.78 is 8.17. The lowest BCUT2D eigenvalue weighted by Crippen LogP contribution is -2.60. The lowest BCUT2D eigenvalue weighted by molar-refractivity contribution is -0.0352. The van der Waals surface area contributed by atoms with Gasteiger partial charge >= 0.3 is 0 Å². The molecule has 2 heterocycles. The average Bonchev–Trinajstić information content (AvgIpc) is 3.10. The second-order valence-corrected chi connectivity index (χ2v) is 11.9. The van der Waals surface area contributed by atoms with Gasteiger partial charge in [0.05, 0.1) is 5.56 Å². The summed E-state index contributed by atoms with van der Waals surface area (Å²) in [6.07, 6.45) is 3.01. The van der Waals surface area contributed by atoms with Crippen LogP contribution < -0.4 is 9.54 Å². The fraction of sp³-hybridized carbons (Fsp3) is 0.654. The lowest BCUT2D eigenvalue weighted by atomic mass is 9.98. The maximum atomic E-state index is 13.4. The van der Waals surface area contributed by atoms with E-state index in [2.05, 4.69) is 65.3 Å². The van der Waals surface area contributed by atoms with Crippen LogP contribution in [0.4, 0.5) is 0 Å². The predicted octanol–water partition coefficient (Wildman–Crippen LogP) is 5.21. The highest BCUT2D eigenvalue weighted by Gasteiger charge is 2.36. The molecule has 1 aliphatic heterocycles. The largest absolute Gasteiger partial charge is 0.487 e. The van der Waals surface area contributed by atoms with Crippen LogP contribution in [-0.2, 0) is 18.4 Å². The van der Waals surface area contributed by atoms with E-state index in [1.807, 2.05) is 22.9 Å². The van der Waals surface area contributed by atoms with Gasteiger partial charge < -0.3 is 4.74 Å². The fourth-order valence-electron chi connectivity index (χ4n) is 3.60. The van der Waals surface area contributed by atoms with Crippen LogP contribution in [0.25, 0.3) is 0 Å². The van der Waals surface area contributed by atoms with Crippen LogP contribution >= 0.6 is 11.3 Å². The Morgan fingerprint density at radius 1 is 1.18 bits per heavy atom. The molecule has 0 N–H and O–H groups in total. The van der Waals surface area contributed by atoms with Gasteiger partial charge in [0.1, 0.15) is 16.9 Å². The first-order valence-corrected chi connectivity index (χ1v) is 13.0. The van der Waals surface area contributed by atoms with Gasteiger partial charge in [-0.15, -0.1) is 0 Å². The van der Waals surface area contributed by atoms with Gasteiger partial charge in [-0.1, -0.05) is 58.4 Å². The molecule has 33 heavy (non-hydrogen) atoms. The first-order chi connectivity index (χ1) is 15.4. The maximum Gasteiger partial charge on any atom is 0.283 e. The van der Waals surface area contributed by atoms with Gasteiger partial charge in [0.15, 0.2) is 0 Å². The van der Waals surface area contributed by atoms with E-state index in [1.54, 1.807) is 0 Å². The summed E-state index contributed by atoms with van der Waals surface area (Å²) in [4.78, 5) is 21.0. The third-order valence-electron chi connectivity index (χ3n) is 5.96. The number of carbonyl (C=O) groups is 1. The Morgan fingerprint density at radius 3 is 2.45 bits per heavy atom. The molecule has 1 aromatic carbocycles. The molecule has 1 fully saturated rings. The monoisotopic (exact) mass is 472 g/mol. The summed E-state index contributed by atoms with van der Waals surface area (Å²) in [6.45, 7) is 19.8. The van der Waals surface area contributed by atoms with Crippen LogP contribution in [0.2, 0.25) is 0 Å². The highest BCUT2D eigenvalue weighted by Crippen LogP contribution is 2.28. The highest BCUT2D eigenvalue weighted by atomic mass is 32.1. The van der Waals surface area contributed by atoms with Crippen molar-refractivity contribution in [2.24, 2.45) is 4.99 Å². The zero-order valence-electron chi connectivity index (χ0n) is 21.6. The average molecular weight is 473 g/mol. The van der Waals surface area contributed by atoms with Gasteiger partial charge in [0.25, 0.3) is 5.91 Å². The number of aryl methyl sites for hydroxylation is 2. The molecule has 2 aromatic rings. The zero-order chi connectivity index (χ0) is 24.4. The summed E-state index contributed by atoms with van der Waals surface area (Å²) in [7, 11) is 0. The van der Waals surface area contributed by atoms with E-state index >= 15 is 0 Å². The molecule has 0 saturated carbocycles. The number of ether oxygens (including phenoxy) is 1. The molecular formula is C26H40N4O2S. The standard InChI is InChI=1S/C26H40N4O2S/c1-9-11-14-30-24(33-23(28-30)25(3,4)5)27-22(31)20-15-18(10-2)12-13-21(20)32-19-16-29(17-19)26(6,7)8/h12-13,15,19H,9-11,14,16-17H2,1-8H3/b27-24-. The summed E-state index contributed by atoms with van der Waals surface area (Å²) in [6, 6.07) is 5.90. The maximum absolute atomic E-state index is 13.4. The van der Waals surface area contributed by atoms with E-state index in [0.717, 1.165) is 49.5 Å². The number of amides is 1. The Labute approximate surface area is 202 Å². The fourth-order valence-corrected chi connectivity index (χ4v) is 4.59. The second-order valence-electron chi connectivity index (χ2n) is 10.9. The number of aromatic nitrogens is 2. The summed E-state index contributed by atoms with van der Waals surface area (Å²) in [5.41, 5.74) is 1.68. The Balaban J connectivity index is 1.92. The van der Waals surface area contributed by atoms with E-state index in [0.29, 0.717) is 16.1 Å². The number of likely N-dealkylation sites (tertiary alicyclic amines) is 1. The number of benzene rings is 1. The predicted molar refractivity (Wildman–Crippen MR) is 135 cm³/mol. The van der Waals surface area contributed by atoms with Crippen molar-refractivity contribution in [1.82, 2.24) is 14.7 Å². The number of unbranched alkanes of at least 4 members (excludes halogenated alkanes) is 1. The molecule has 1 amide bonds. The van der Waals surface area contributed by atoms with Crippen molar-refractivity contribution in [3.8, 4) is 5.75 Å². The van der Waals surface area contributed by atoms with Gasteiger partial charge in [0.2, 0.25) is 4.80 Å². The van der Waals surface area contributed by atoms with E-state index in [-0.39, 0.29) is 23.0 Å². The first kappa shape index (κ1) is 25.6. The first-order valence-electron chi connectivity index (χ1n) is 12.1. The molecule has 0 bridgehead atoms. The van der Waals surface area contributed by atoms with Crippen LogP contribution in [0, 0.1) is 0 Å².